The van der Waals surface area contributed by atoms with Crippen molar-refractivity contribution in [3.8, 4) is 11.3 Å². The smallest absolute Gasteiger partial charge is 0.258 e. The highest BCUT2D eigenvalue weighted by Crippen LogP contribution is 2.18. The minimum Gasteiger partial charge on any atom is -0.258 e. The Hall–Kier alpha value is -3.61. The second kappa shape index (κ2) is 7.31. The third kappa shape index (κ3) is 4.23. The average Bonchev–Trinajstić information content (AvgIpc) is 2.62. The topological polar surface area (TPSA) is 93.3 Å². The van der Waals surface area contributed by atoms with E-state index in [4.69, 9.17) is 0 Å². The first-order valence-electron chi connectivity index (χ1n) is 7.56. The second-order valence-corrected chi connectivity index (χ2v) is 5.31. The number of benzene rings is 2. The van der Waals surface area contributed by atoms with E-state index in [0.29, 0.717) is 11.5 Å². The molecule has 0 amide bonds. The van der Waals surface area contributed by atoms with Gasteiger partial charge in [-0.3, -0.25) is 10.1 Å². The Labute approximate surface area is 144 Å². The van der Waals surface area contributed by atoms with Crippen LogP contribution in [0.25, 0.3) is 11.3 Å². The van der Waals surface area contributed by atoms with Crippen molar-refractivity contribution in [2.45, 2.75) is 6.92 Å². The Bertz CT molecular complexity index is 926. The number of nitro groups is 1. The van der Waals surface area contributed by atoms with Crippen LogP contribution in [0.3, 0.4) is 0 Å². The summed E-state index contributed by atoms with van der Waals surface area (Å²) in [5.41, 5.74) is 5.98. The molecular weight excluding hydrogens is 318 g/mol. The van der Waals surface area contributed by atoms with Gasteiger partial charge in [0.1, 0.15) is 0 Å². The second-order valence-electron chi connectivity index (χ2n) is 5.31. The van der Waals surface area contributed by atoms with Gasteiger partial charge >= 0.3 is 0 Å². The van der Waals surface area contributed by atoms with Crippen LogP contribution in [0, 0.1) is 17.0 Å². The fourth-order valence-corrected chi connectivity index (χ4v) is 2.26. The Kier molecular flexibility index (Phi) is 4.75. The maximum atomic E-state index is 10.8. The fourth-order valence-electron chi connectivity index (χ4n) is 2.26. The van der Waals surface area contributed by atoms with E-state index < -0.39 is 4.92 Å². The van der Waals surface area contributed by atoms with Crippen LogP contribution in [0.1, 0.15) is 11.3 Å². The molecule has 0 fully saturated rings. The Morgan fingerprint density at radius 1 is 1.08 bits per heavy atom. The molecule has 3 aromatic rings. The summed E-state index contributed by atoms with van der Waals surface area (Å²) < 4.78 is 0. The molecule has 1 aromatic heterocycles. The van der Waals surface area contributed by atoms with Gasteiger partial charge in [0.15, 0.2) is 0 Å². The monoisotopic (exact) mass is 333 g/mol. The molecule has 0 saturated carbocycles. The van der Waals surface area contributed by atoms with Gasteiger partial charge in [0.25, 0.3) is 5.69 Å². The third-order valence-electron chi connectivity index (χ3n) is 3.38. The molecule has 2 aromatic carbocycles. The van der Waals surface area contributed by atoms with Crippen molar-refractivity contribution in [3.05, 3.63) is 82.0 Å². The van der Waals surface area contributed by atoms with Gasteiger partial charge in [-0.25, -0.2) is 15.4 Å². The molecule has 0 bridgehead atoms. The van der Waals surface area contributed by atoms with Gasteiger partial charge in [-0.15, -0.1) is 0 Å². The molecule has 0 aliphatic heterocycles. The fraction of sp³-hybridized carbons (Fsp3) is 0.0556. The Morgan fingerprint density at radius 3 is 2.64 bits per heavy atom. The number of nitrogens with one attached hydrogen (secondary N) is 1. The summed E-state index contributed by atoms with van der Waals surface area (Å²) in [6, 6.07) is 17.9. The van der Waals surface area contributed by atoms with Crippen molar-refractivity contribution in [1.82, 2.24) is 9.97 Å². The molecule has 0 aliphatic carbocycles. The van der Waals surface area contributed by atoms with Gasteiger partial charge in [-0.1, -0.05) is 42.5 Å². The molecule has 0 unspecified atom stereocenters. The quantitative estimate of drug-likeness (QED) is 0.435. The zero-order valence-corrected chi connectivity index (χ0v) is 13.5. The van der Waals surface area contributed by atoms with Gasteiger partial charge in [-0.05, 0) is 13.0 Å². The molecule has 0 radical (unpaired) electrons. The third-order valence-corrected chi connectivity index (χ3v) is 3.38. The number of aryl methyl sites for hydroxylation is 1. The van der Waals surface area contributed by atoms with Crippen LogP contribution in [-0.4, -0.2) is 21.1 Å². The first-order chi connectivity index (χ1) is 12.1. The van der Waals surface area contributed by atoms with E-state index in [0.717, 1.165) is 17.0 Å². The maximum Gasteiger partial charge on any atom is 0.270 e. The van der Waals surface area contributed by atoms with Gasteiger partial charge in [0.2, 0.25) is 5.95 Å². The molecular formula is C18H15N5O2. The van der Waals surface area contributed by atoms with E-state index >= 15 is 0 Å². The molecule has 1 N–H and O–H groups in total. The number of hydrogen-bond acceptors (Lipinski definition) is 6. The molecule has 0 spiro atoms. The summed E-state index contributed by atoms with van der Waals surface area (Å²) in [7, 11) is 0. The molecule has 124 valence electrons. The van der Waals surface area contributed by atoms with Crippen molar-refractivity contribution < 1.29 is 4.92 Å². The van der Waals surface area contributed by atoms with Crippen molar-refractivity contribution >= 4 is 17.9 Å². The van der Waals surface area contributed by atoms with Crippen LogP contribution in [0.4, 0.5) is 11.6 Å². The van der Waals surface area contributed by atoms with Crippen molar-refractivity contribution in [2.75, 3.05) is 5.43 Å². The van der Waals surface area contributed by atoms with Crippen LogP contribution in [0.2, 0.25) is 0 Å². The van der Waals surface area contributed by atoms with Crippen molar-refractivity contribution in [2.24, 2.45) is 5.10 Å². The molecule has 25 heavy (non-hydrogen) atoms. The van der Waals surface area contributed by atoms with Gasteiger partial charge in [0.05, 0.1) is 16.8 Å². The SMILES string of the molecule is Cc1cc(-c2ccccc2)nc(N/N=C\c2cccc([N+](=O)[O-])c2)n1. The standard InChI is InChI=1S/C18H15N5O2/c1-13-10-17(15-7-3-2-4-8-15)21-18(20-13)22-19-12-14-6-5-9-16(11-14)23(24)25/h2-12H,1H3,(H,20,21,22)/b19-12-. The Morgan fingerprint density at radius 2 is 1.88 bits per heavy atom. The number of hydrogen-bond donors (Lipinski definition) is 1. The summed E-state index contributed by atoms with van der Waals surface area (Å²) in [4.78, 5) is 19.1. The maximum absolute atomic E-state index is 10.8. The predicted octanol–water partition coefficient (Wildman–Crippen LogP) is 3.81. The molecule has 3 rings (SSSR count). The zero-order valence-electron chi connectivity index (χ0n) is 13.5. The highest BCUT2D eigenvalue weighted by atomic mass is 16.6. The first kappa shape index (κ1) is 16.3. The van der Waals surface area contributed by atoms with E-state index in [1.807, 2.05) is 43.3 Å². The van der Waals surface area contributed by atoms with E-state index in [-0.39, 0.29) is 5.69 Å². The van der Waals surface area contributed by atoms with Crippen LogP contribution >= 0.6 is 0 Å². The number of anilines is 1. The number of hydrazone groups is 1. The minimum atomic E-state index is -0.444. The molecule has 0 saturated heterocycles. The summed E-state index contributed by atoms with van der Waals surface area (Å²) in [6.45, 7) is 1.88. The van der Waals surface area contributed by atoms with Gasteiger partial charge in [-0.2, -0.15) is 5.10 Å². The number of nitro benzene ring substituents is 1. The molecule has 0 aliphatic rings. The number of aromatic nitrogens is 2. The van der Waals surface area contributed by atoms with E-state index in [1.165, 1.54) is 18.3 Å². The lowest BCUT2D eigenvalue weighted by atomic mass is 10.1. The summed E-state index contributed by atoms with van der Waals surface area (Å²) in [6.07, 6.45) is 1.49. The lowest BCUT2D eigenvalue weighted by Gasteiger charge is -2.05. The molecule has 0 atom stereocenters. The number of non-ortho nitro benzene ring substituents is 1. The normalized spacial score (nSPS) is 10.8. The largest absolute Gasteiger partial charge is 0.270 e. The molecule has 7 heteroatoms. The van der Waals surface area contributed by atoms with Crippen LogP contribution in [0.15, 0.2) is 65.8 Å². The first-order valence-corrected chi connectivity index (χ1v) is 7.56. The number of rotatable bonds is 5. The van der Waals surface area contributed by atoms with E-state index in [9.17, 15) is 10.1 Å². The minimum absolute atomic E-state index is 0.0159. The Balaban J connectivity index is 1.78. The van der Waals surface area contributed by atoms with Crippen molar-refractivity contribution in [3.63, 3.8) is 0 Å². The average molecular weight is 333 g/mol. The van der Waals surface area contributed by atoms with Gasteiger partial charge < -0.3 is 0 Å². The summed E-state index contributed by atoms with van der Waals surface area (Å²) >= 11 is 0. The van der Waals surface area contributed by atoms with E-state index in [1.54, 1.807) is 12.1 Å². The molecule has 7 nitrogen and oxygen atoms in total. The van der Waals surface area contributed by atoms with Crippen molar-refractivity contribution in [1.29, 1.82) is 0 Å². The predicted molar refractivity (Wildman–Crippen MR) is 96.5 cm³/mol. The summed E-state index contributed by atoms with van der Waals surface area (Å²) in [5.74, 6) is 0.362. The molecule has 1 heterocycles. The highest BCUT2D eigenvalue weighted by molar-refractivity contribution is 5.81. The van der Waals surface area contributed by atoms with E-state index in [2.05, 4.69) is 20.5 Å². The zero-order chi connectivity index (χ0) is 17.6. The van der Waals surface area contributed by atoms with Crippen LogP contribution in [0.5, 0.6) is 0 Å². The van der Waals surface area contributed by atoms with Crippen LogP contribution < -0.4 is 5.43 Å². The van der Waals surface area contributed by atoms with Crippen LogP contribution in [-0.2, 0) is 0 Å². The van der Waals surface area contributed by atoms with Gasteiger partial charge in [0, 0.05) is 29.0 Å². The lowest BCUT2D eigenvalue weighted by molar-refractivity contribution is -0.384. The lowest BCUT2D eigenvalue weighted by Crippen LogP contribution is -2.00. The summed E-state index contributed by atoms with van der Waals surface area (Å²) in [5, 5.41) is 14.8. The highest BCUT2D eigenvalue weighted by Gasteiger charge is 2.05. The number of nitrogens with zero attached hydrogens (tertiary/aromatic N) is 4.